The topological polar surface area (TPSA) is 78.9 Å². The van der Waals surface area contributed by atoms with Gasteiger partial charge in [0.05, 0.1) is 0 Å². The molecule has 54 heavy (non-hydrogen) atoms. The Morgan fingerprint density at radius 3 is 1.06 bits per heavy atom. The van der Waals surface area contributed by atoms with Crippen molar-refractivity contribution in [3.63, 3.8) is 0 Å². The minimum absolute atomic E-state index is 0.0651. The Balaban J connectivity index is 4.31. The molecule has 0 saturated carbocycles. The van der Waals surface area contributed by atoms with Gasteiger partial charge in [0.2, 0.25) is 0 Å². The first kappa shape index (κ1) is 52.4. The van der Waals surface area contributed by atoms with Gasteiger partial charge >= 0.3 is 17.9 Å². The zero-order valence-corrected chi connectivity index (χ0v) is 36.8. The van der Waals surface area contributed by atoms with Crippen LogP contribution in [-0.2, 0) is 28.6 Å². The second kappa shape index (κ2) is 41.1. The number of hydrogen-bond acceptors (Lipinski definition) is 6. The Kier molecular flexibility index (Phi) is 39.8. The highest BCUT2D eigenvalue weighted by Crippen LogP contribution is 2.17. The fraction of sp³-hybridized carbons (Fsp3) is 0.938. The molecule has 320 valence electrons. The van der Waals surface area contributed by atoms with Gasteiger partial charge in [0.25, 0.3) is 0 Å². The molecule has 2 atom stereocenters. The molecule has 0 fully saturated rings. The van der Waals surface area contributed by atoms with Gasteiger partial charge in [0.1, 0.15) is 13.2 Å². The molecule has 0 aromatic carbocycles. The molecule has 0 rings (SSSR count). The summed E-state index contributed by atoms with van der Waals surface area (Å²) >= 11 is 0. The maximum absolute atomic E-state index is 12.7. The van der Waals surface area contributed by atoms with Crippen molar-refractivity contribution in [2.24, 2.45) is 11.8 Å². The molecule has 0 spiro atoms. The van der Waals surface area contributed by atoms with Crippen LogP contribution in [0.2, 0.25) is 0 Å². The molecule has 0 heterocycles. The van der Waals surface area contributed by atoms with Crippen molar-refractivity contribution < 1.29 is 28.6 Å². The van der Waals surface area contributed by atoms with Crippen LogP contribution in [0.25, 0.3) is 0 Å². The number of unbranched alkanes of at least 4 members (excludes halogenated alkanes) is 26. The van der Waals surface area contributed by atoms with E-state index in [0.29, 0.717) is 19.3 Å². The molecule has 0 bridgehead atoms. The van der Waals surface area contributed by atoms with Crippen LogP contribution in [0, 0.1) is 11.8 Å². The molecule has 0 aromatic rings. The summed E-state index contributed by atoms with van der Waals surface area (Å²) in [5, 5.41) is 0. The van der Waals surface area contributed by atoms with Gasteiger partial charge in [0, 0.05) is 19.3 Å². The van der Waals surface area contributed by atoms with Crippen molar-refractivity contribution in [2.45, 2.75) is 265 Å². The second-order valence-corrected chi connectivity index (χ2v) is 17.1. The lowest BCUT2D eigenvalue weighted by Crippen LogP contribution is -2.30. The van der Waals surface area contributed by atoms with Crippen LogP contribution in [0.3, 0.4) is 0 Å². The van der Waals surface area contributed by atoms with Crippen molar-refractivity contribution in [1.82, 2.24) is 0 Å². The van der Waals surface area contributed by atoms with E-state index in [9.17, 15) is 14.4 Å². The van der Waals surface area contributed by atoms with Crippen molar-refractivity contribution in [1.29, 1.82) is 0 Å². The van der Waals surface area contributed by atoms with Gasteiger partial charge in [-0.25, -0.2) is 0 Å². The number of hydrogen-bond donors (Lipinski definition) is 0. The van der Waals surface area contributed by atoms with E-state index in [-0.39, 0.29) is 31.1 Å². The largest absolute Gasteiger partial charge is 0.462 e. The lowest BCUT2D eigenvalue weighted by atomic mass is 10.00. The van der Waals surface area contributed by atoms with Gasteiger partial charge in [0.15, 0.2) is 6.10 Å². The monoisotopic (exact) mass is 765 g/mol. The molecule has 6 heteroatoms. The molecule has 0 aromatic heterocycles. The highest BCUT2D eigenvalue weighted by Gasteiger charge is 2.19. The van der Waals surface area contributed by atoms with Crippen molar-refractivity contribution >= 4 is 17.9 Å². The summed E-state index contributed by atoms with van der Waals surface area (Å²) in [4.78, 5) is 37.7. The quantitative estimate of drug-likeness (QED) is 0.0350. The van der Waals surface area contributed by atoms with Crippen LogP contribution >= 0.6 is 0 Å². The van der Waals surface area contributed by atoms with Gasteiger partial charge in [-0.2, -0.15) is 0 Å². The fourth-order valence-corrected chi connectivity index (χ4v) is 7.07. The van der Waals surface area contributed by atoms with Gasteiger partial charge in [-0.15, -0.1) is 0 Å². The molecule has 1 unspecified atom stereocenters. The average Bonchev–Trinajstić information content (AvgIpc) is 3.15. The summed E-state index contributed by atoms with van der Waals surface area (Å²) in [5.74, 6) is 0.794. The number of rotatable bonds is 42. The van der Waals surface area contributed by atoms with Crippen molar-refractivity contribution in [3.8, 4) is 0 Å². The van der Waals surface area contributed by atoms with E-state index >= 15 is 0 Å². The van der Waals surface area contributed by atoms with Crippen LogP contribution in [0.1, 0.15) is 259 Å². The Bertz CT molecular complexity index is 826. The molecule has 0 saturated heterocycles. The molecule has 0 aliphatic heterocycles. The van der Waals surface area contributed by atoms with E-state index in [2.05, 4.69) is 34.6 Å². The van der Waals surface area contributed by atoms with Gasteiger partial charge in [-0.1, -0.05) is 221 Å². The summed E-state index contributed by atoms with van der Waals surface area (Å²) in [5.41, 5.74) is 0. The smallest absolute Gasteiger partial charge is 0.306 e. The zero-order valence-electron chi connectivity index (χ0n) is 36.8. The lowest BCUT2D eigenvalue weighted by Gasteiger charge is -2.18. The first-order valence-corrected chi connectivity index (χ1v) is 23.8. The second-order valence-electron chi connectivity index (χ2n) is 17.1. The Morgan fingerprint density at radius 2 is 0.704 bits per heavy atom. The summed E-state index contributed by atoms with van der Waals surface area (Å²) < 4.78 is 16.7. The Labute approximate surface area is 336 Å². The Hall–Kier alpha value is -1.59. The lowest BCUT2D eigenvalue weighted by molar-refractivity contribution is -0.167. The SMILES string of the molecule is CCCCCCCCCCCCC(=O)OC[C@@H](COC(=O)CCCCCCCCC(C)CC)OC(=O)CCCCCCCCCCCCCCCC(C)C. The number of carbonyl (C=O) groups excluding carboxylic acids is 3. The maximum atomic E-state index is 12.7. The molecule has 6 nitrogen and oxygen atoms in total. The normalized spacial score (nSPS) is 12.6. The predicted molar refractivity (Wildman–Crippen MR) is 229 cm³/mol. The molecular weight excluding hydrogens is 673 g/mol. The summed E-state index contributed by atoms with van der Waals surface area (Å²) in [6, 6.07) is 0. The minimum Gasteiger partial charge on any atom is -0.462 e. The first-order chi connectivity index (χ1) is 26.3. The zero-order chi connectivity index (χ0) is 39.7. The standard InChI is InChI=1S/C48H92O6/c1-6-8-9-10-11-12-19-22-28-33-38-46(49)52-41-45(42-53-47(50)39-34-29-25-24-27-32-37-44(5)7-2)54-48(51)40-35-30-23-20-17-15-13-14-16-18-21-26-31-36-43(3)4/h43-45H,6-42H2,1-5H3/t44?,45-/m0/s1. The molecule has 0 N–H and O–H groups in total. The van der Waals surface area contributed by atoms with E-state index in [1.807, 2.05) is 0 Å². The van der Waals surface area contributed by atoms with Gasteiger partial charge in [-0.05, 0) is 31.1 Å². The Morgan fingerprint density at radius 1 is 0.389 bits per heavy atom. The molecule has 0 aliphatic rings. The third-order valence-electron chi connectivity index (χ3n) is 11.1. The van der Waals surface area contributed by atoms with E-state index in [0.717, 1.165) is 69.6 Å². The number of ether oxygens (including phenoxy) is 3. The third kappa shape index (κ3) is 40.1. The highest BCUT2D eigenvalue weighted by atomic mass is 16.6. The van der Waals surface area contributed by atoms with Crippen molar-refractivity contribution in [3.05, 3.63) is 0 Å². The minimum atomic E-state index is -0.761. The molecule has 0 aliphatic carbocycles. The maximum Gasteiger partial charge on any atom is 0.306 e. The number of esters is 3. The van der Waals surface area contributed by atoms with Crippen LogP contribution in [0.15, 0.2) is 0 Å². The molecular formula is C48H92O6. The van der Waals surface area contributed by atoms with Crippen LogP contribution in [0.5, 0.6) is 0 Å². The first-order valence-electron chi connectivity index (χ1n) is 23.8. The van der Waals surface area contributed by atoms with E-state index in [4.69, 9.17) is 14.2 Å². The molecule has 0 radical (unpaired) electrons. The summed E-state index contributed by atoms with van der Waals surface area (Å²) in [7, 11) is 0. The fourth-order valence-electron chi connectivity index (χ4n) is 7.07. The van der Waals surface area contributed by atoms with Crippen LogP contribution in [0.4, 0.5) is 0 Å². The average molecular weight is 765 g/mol. The predicted octanol–water partition coefficient (Wildman–Crippen LogP) is 15.0. The summed E-state index contributed by atoms with van der Waals surface area (Å²) in [6.45, 7) is 11.3. The van der Waals surface area contributed by atoms with Crippen LogP contribution < -0.4 is 0 Å². The van der Waals surface area contributed by atoms with Crippen LogP contribution in [-0.4, -0.2) is 37.2 Å². The third-order valence-corrected chi connectivity index (χ3v) is 11.1. The van der Waals surface area contributed by atoms with E-state index in [1.54, 1.807) is 0 Å². The highest BCUT2D eigenvalue weighted by molar-refractivity contribution is 5.71. The molecule has 0 amide bonds. The number of carbonyl (C=O) groups is 3. The van der Waals surface area contributed by atoms with E-state index < -0.39 is 6.10 Å². The van der Waals surface area contributed by atoms with Gasteiger partial charge in [-0.3, -0.25) is 14.4 Å². The van der Waals surface area contributed by atoms with E-state index in [1.165, 1.54) is 148 Å². The van der Waals surface area contributed by atoms with Gasteiger partial charge < -0.3 is 14.2 Å². The summed E-state index contributed by atoms with van der Waals surface area (Å²) in [6.07, 6.45) is 39.4. The van der Waals surface area contributed by atoms with Crippen molar-refractivity contribution in [2.75, 3.05) is 13.2 Å².